The predicted molar refractivity (Wildman–Crippen MR) is 102 cm³/mol. The zero-order valence-electron chi connectivity index (χ0n) is 17.8. The Labute approximate surface area is 200 Å². The van der Waals surface area contributed by atoms with Crippen molar-refractivity contribution in [2.24, 2.45) is 0 Å². The van der Waals surface area contributed by atoms with Crippen molar-refractivity contribution in [3.05, 3.63) is 94.1 Å². The maximum absolute atomic E-state index is 13.9. The first-order valence-electron chi connectivity index (χ1n) is 9.86. The van der Waals surface area contributed by atoms with Crippen LogP contribution in [0.5, 0.6) is 11.5 Å². The summed E-state index contributed by atoms with van der Waals surface area (Å²) in [5.74, 6) is -33.1. The SMILES string of the molecule is O=C(CCC(C(=O)Oc1c(F)c(F)c(F)c(F)c1F)c1ccccc1)Oc1c(F)c(F)c(F)c(F)c1F. The molecule has 0 aliphatic heterocycles. The fraction of sp³-hybridized carbons (Fsp3) is 0.130. The van der Waals surface area contributed by atoms with E-state index in [1.54, 1.807) is 0 Å². The normalized spacial score (nSPS) is 11.8. The predicted octanol–water partition coefficient (Wildman–Crippen LogP) is 6.15. The van der Waals surface area contributed by atoms with Gasteiger partial charge in [0, 0.05) is 6.42 Å². The quantitative estimate of drug-likeness (QED) is 0.119. The first-order valence-corrected chi connectivity index (χ1v) is 9.86. The van der Waals surface area contributed by atoms with E-state index in [0.717, 1.165) is 0 Å². The number of carbonyl (C=O) groups is 2. The van der Waals surface area contributed by atoms with Crippen LogP contribution in [0.4, 0.5) is 43.9 Å². The molecule has 1 atom stereocenters. The molecule has 37 heavy (non-hydrogen) atoms. The van der Waals surface area contributed by atoms with Crippen molar-refractivity contribution in [3.8, 4) is 11.5 Å². The number of hydrogen-bond acceptors (Lipinski definition) is 4. The number of halogens is 10. The molecule has 1 unspecified atom stereocenters. The Kier molecular flexibility index (Phi) is 8.09. The van der Waals surface area contributed by atoms with E-state index in [0.29, 0.717) is 0 Å². The van der Waals surface area contributed by atoms with Gasteiger partial charge in [-0.15, -0.1) is 0 Å². The molecule has 3 aromatic carbocycles. The van der Waals surface area contributed by atoms with E-state index in [9.17, 15) is 53.5 Å². The van der Waals surface area contributed by atoms with E-state index in [1.165, 1.54) is 30.3 Å². The Balaban J connectivity index is 1.85. The Morgan fingerprint density at radius 3 is 1.38 bits per heavy atom. The van der Waals surface area contributed by atoms with Gasteiger partial charge in [-0.05, 0) is 12.0 Å². The number of benzene rings is 3. The number of carbonyl (C=O) groups excluding carboxylic acids is 2. The van der Waals surface area contributed by atoms with Gasteiger partial charge < -0.3 is 9.47 Å². The number of ether oxygens (including phenoxy) is 2. The minimum Gasteiger partial charge on any atom is -0.420 e. The van der Waals surface area contributed by atoms with Gasteiger partial charge in [-0.3, -0.25) is 9.59 Å². The Morgan fingerprint density at radius 1 is 0.568 bits per heavy atom. The van der Waals surface area contributed by atoms with Crippen molar-refractivity contribution < 1.29 is 63.0 Å². The average molecular weight is 540 g/mol. The summed E-state index contributed by atoms with van der Waals surface area (Å²) in [6.07, 6.45) is -1.68. The summed E-state index contributed by atoms with van der Waals surface area (Å²) in [7, 11) is 0. The van der Waals surface area contributed by atoms with Crippen molar-refractivity contribution in [2.45, 2.75) is 18.8 Å². The average Bonchev–Trinajstić information content (AvgIpc) is 2.89. The van der Waals surface area contributed by atoms with Gasteiger partial charge in [-0.2, -0.15) is 17.6 Å². The lowest BCUT2D eigenvalue weighted by molar-refractivity contribution is -0.138. The number of esters is 2. The molecule has 0 radical (unpaired) electrons. The van der Waals surface area contributed by atoms with Crippen LogP contribution < -0.4 is 9.47 Å². The molecule has 3 rings (SSSR count). The van der Waals surface area contributed by atoms with Crippen LogP contribution in [-0.4, -0.2) is 11.9 Å². The molecule has 0 spiro atoms. The van der Waals surface area contributed by atoms with Crippen LogP contribution in [-0.2, 0) is 9.59 Å². The first kappa shape index (κ1) is 27.5. The highest BCUT2D eigenvalue weighted by Gasteiger charge is 2.33. The molecule has 4 nitrogen and oxygen atoms in total. The molecule has 3 aromatic rings. The van der Waals surface area contributed by atoms with E-state index < -0.39 is 100 Å². The van der Waals surface area contributed by atoms with Crippen LogP contribution in [0.1, 0.15) is 24.3 Å². The molecule has 0 saturated heterocycles. The summed E-state index contributed by atoms with van der Waals surface area (Å²) in [4.78, 5) is 24.7. The van der Waals surface area contributed by atoms with Crippen LogP contribution >= 0.6 is 0 Å². The van der Waals surface area contributed by atoms with E-state index in [-0.39, 0.29) is 5.56 Å². The molecule has 0 amide bonds. The highest BCUT2D eigenvalue weighted by molar-refractivity contribution is 5.81. The molecule has 0 aliphatic rings. The lowest BCUT2D eigenvalue weighted by Gasteiger charge is -2.17. The molecule has 0 saturated carbocycles. The van der Waals surface area contributed by atoms with E-state index in [2.05, 4.69) is 9.47 Å². The second kappa shape index (κ2) is 10.9. The zero-order chi connectivity index (χ0) is 27.6. The fourth-order valence-corrected chi connectivity index (χ4v) is 3.05. The molecule has 0 aromatic heterocycles. The largest absolute Gasteiger partial charge is 0.420 e. The van der Waals surface area contributed by atoms with Gasteiger partial charge >= 0.3 is 11.9 Å². The third-order valence-corrected chi connectivity index (χ3v) is 4.88. The van der Waals surface area contributed by atoms with Gasteiger partial charge in [0.1, 0.15) is 0 Å². The Hall–Kier alpha value is -4.10. The van der Waals surface area contributed by atoms with Crippen LogP contribution in [0.15, 0.2) is 30.3 Å². The summed E-state index contributed by atoms with van der Waals surface area (Å²) in [6, 6.07) is 6.69. The second-order valence-electron chi connectivity index (χ2n) is 7.20. The number of rotatable bonds is 7. The molecule has 0 N–H and O–H groups in total. The third-order valence-electron chi connectivity index (χ3n) is 4.88. The number of hydrogen-bond donors (Lipinski definition) is 0. The molecular weight excluding hydrogens is 530 g/mol. The van der Waals surface area contributed by atoms with Gasteiger partial charge in [-0.1, -0.05) is 30.3 Å². The van der Waals surface area contributed by atoms with Gasteiger partial charge in [-0.25, -0.2) is 26.3 Å². The lowest BCUT2D eigenvalue weighted by Crippen LogP contribution is -2.23. The van der Waals surface area contributed by atoms with Crippen LogP contribution in [0, 0.1) is 58.2 Å². The highest BCUT2D eigenvalue weighted by atomic mass is 19.2. The fourth-order valence-electron chi connectivity index (χ4n) is 3.05. The Morgan fingerprint density at radius 2 is 0.946 bits per heavy atom. The summed E-state index contributed by atoms with van der Waals surface area (Å²) in [5.41, 5.74) is 0.000374. The molecule has 0 fully saturated rings. The molecular formula is C23H10F10O4. The van der Waals surface area contributed by atoms with Gasteiger partial charge in [0.2, 0.25) is 69.7 Å². The van der Waals surface area contributed by atoms with Gasteiger partial charge in [0.05, 0.1) is 5.92 Å². The third kappa shape index (κ3) is 5.37. The summed E-state index contributed by atoms with van der Waals surface area (Å²) >= 11 is 0. The summed E-state index contributed by atoms with van der Waals surface area (Å²) in [5, 5.41) is 0. The van der Waals surface area contributed by atoms with E-state index in [1.807, 2.05) is 0 Å². The van der Waals surface area contributed by atoms with Gasteiger partial charge in [0.15, 0.2) is 0 Å². The zero-order valence-corrected chi connectivity index (χ0v) is 17.8. The van der Waals surface area contributed by atoms with E-state index >= 15 is 0 Å². The summed E-state index contributed by atoms with van der Waals surface area (Å²) in [6.45, 7) is 0. The Bertz CT molecular complexity index is 1320. The maximum atomic E-state index is 13.9. The standard InChI is InChI=1S/C23H10F10O4/c24-11-13(26)17(30)21(18(31)14(11)27)36-10(34)7-6-9(8-4-2-1-3-5-8)23(35)37-22-19(32)15(28)12(25)16(29)20(22)33/h1-5,9H,6-7H2. The maximum Gasteiger partial charge on any atom is 0.319 e. The molecule has 0 bridgehead atoms. The summed E-state index contributed by atoms with van der Waals surface area (Å²) < 4.78 is 144. The van der Waals surface area contributed by atoms with Gasteiger partial charge in [0.25, 0.3) is 0 Å². The van der Waals surface area contributed by atoms with Crippen LogP contribution in [0.25, 0.3) is 0 Å². The van der Waals surface area contributed by atoms with Crippen molar-refractivity contribution in [2.75, 3.05) is 0 Å². The monoisotopic (exact) mass is 540 g/mol. The van der Waals surface area contributed by atoms with Crippen LogP contribution in [0.3, 0.4) is 0 Å². The smallest absolute Gasteiger partial charge is 0.319 e. The molecule has 14 heteroatoms. The minimum absolute atomic E-state index is 0.000374. The molecule has 0 heterocycles. The first-order chi connectivity index (χ1) is 17.4. The highest BCUT2D eigenvalue weighted by Crippen LogP contribution is 2.33. The molecule has 0 aliphatic carbocycles. The minimum atomic E-state index is -2.51. The molecule has 196 valence electrons. The second-order valence-corrected chi connectivity index (χ2v) is 7.20. The van der Waals surface area contributed by atoms with E-state index in [4.69, 9.17) is 0 Å². The van der Waals surface area contributed by atoms with Crippen molar-refractivity contribution in [3.63, 3.8) is 0 Å². The van der Waals surface area contributed by atoms with Crippen molar-refractivity contribution >= 4 is 11.9 Å². The van der Waals surface area contributed by atoms with Crippen LogP contribution in [0.2, 0.25) is 0 Å². The van der Waals surface area contributed by atoms with Crippen molar-refractivity contribution in [1.29, 1.82) is 0 Å². The topological polar surface area (TPSA) is 52.6 Å². The lowest BCUT2D eigenvalue weighted by atomic mass is 9.94. The van der Waals surface area contributed by atoms with Crippen molar-refractivity contribution in [1.82, 2.24) is 0 Å².